The topological polar surface area (TPSA) is 46.9 Å². The van der Waals surface area contributed by atoms with Crippen LogP contribution in [0.3, 0.4) is 0 Å². The van der Waals surface area contributed by atoms with Crippen LogP contribution in [-0.2, 0) is 11.3 Å². The van der Waals surface area contributed by atoms with Gasteiger partial charge >= 0.3 is 0 Å². The molecule has 2 rings (SSSR count). The van der Waals surface area contributed by atoms with E-state index in [0.29, 0.717) is 22.3 Å². The lowest BCUT2D eigenvalue weighted by molar-refractivity contribution is -0.119. The number of aromatic nitrogens is 2. The zero-order valence-corrected chi connectivity index (χ0v) is 13.7. The Bertz CT molecular complexity index is 647. The van der Waals surface area contributed by atoms with Crippen LogP contribution in [0, 0.1) is 19.8 Å². The van der Waals surface area contributed by atoms with Gasteiger partial charge in [0.15, 0.2) is 0 Å². The highest BCUT2D eigenvalue weighted by atomic mass is 35.5. The van der Waals surface area contributed by atoms with Crippen LogP contribution in [0.25, 0.3) is 0 Å². The van der Waals surface area contributed by atoms with Gasteiger partial charge in [-0.25, -0.2) is 0 Å². The molecule has 0 unspecified atom stereocenters. The summed E-state index contributed by atoms with van der Waals surface area (Å²) in [6.45, 7) is 6.29. The summed E-state index contributed by atoms with van der Waals surface area (Å²) in [5, 5.41) is 8.16. The number of nitrogens with one attached hydrogen (secondary N) is 1. The van der Waals surface area contributed by atoms with Crippen molar-refractivity contribution in [2.45, 2.75) is 27.3 Å². The van der Waals surface area contributed by atoms with Gasteiger partial charge in [0, 0.05) is 21.4 Å². The summed E-state index contributed by atoms with van der Waals surface area (Å²) in [4.78, 5) is 12.2. The standard InChI is InChI=1S/C15H17Cl2N3O/c1-9(8-20-11(3)4-10(2)19-20)15(21)18-14-6-12(16)5-13(17)7-14/h4-7,9H,8H2,1-3H3,(H,18,21)/t9-/m1/s1. The molecule has 21 heavy (non-hydrogen) atoms. The maximum absolute atomic E-state index is 12.2. The number of hydrogen-bond acceptors (Lipinski definition) is 2. The van der Waals surface area contributed by atoms with Crippen LogP contribution >= 0.6 is 23.2 Å². The summed E-state index contributed by atoms with van der Waals surface area (Å²) in [6.07, 6.45) is 0. The molecule has 6 heteroatoms. The van der Waals surface area contributed by atoms with Gasteiger partial charge in [-0.05, 0) is 38.1 Å². The number of hydrogen-bond donors (Lipinski definition) is 1. The predicted molar refractivity (Wildman–Crippen MR) is 86.0 cm³/mol. The van der Waals surface area contributed by atoms with E-state index in [1.165, 1.54) is 0 Å². The van der Waals surface area contributed by atoms with Crippen LogP contribution in [-0.4, -0.2) is 15.7 Å². The molecule has 1 atom stereocenters. The fourth-order valence-corrected chi connectivity index (χ4v) is 2.62. The Hall–Kier alpha value is -1.52. The maximum atomic E-state index is 12.2. The molecule has 1 amide bonds. The summed E-state index contributed by atoms with van der Waals surface area (Å²) in [7, 11) is 0. The maximum Gasteiger partial charge on any atom is 0.229 e. The van der Waals surface area contributed by atoms with E-state index in [1.54, 1.807) is 18.2 Å². The van der Waals surface area contributed by atoms with Crippen molar-refractivity contribution in [3.63, 3.8) is 0 Å². The van der Waals surface area contributed by atoms with Crippen LogP contribution in [0.1, 0.15) is 18.3 Å². The monoisotopic (exact) mass is 325 g/mol. The summed E-state index contributed by atoms with van der Waals surface area (Å²) >= 11 is 11.8. The van der Waals surface area contributed by atoms with Gasteiger partial charge in [-0.15, -0.1) is 0 Å². The first kappa shape index (κ1) is 15.9. The Kier molecular flexibility index (Phi) is 4.91. The minimum Gasteiger partial charge on any atom is -0.326 e. The zero-order chi connectivity index (χ0) is 15.6. The lowest BCUT2D eigenvalue weighted by Crippen LogP contribution is -2.25. The first-order valence-corrected chi connectivity index (χ1v) is 7.39. The number of nitrogens with zero attached hydrogens (tertiary/aromatic N) is 2. The highest BCUT2D eigenvalue weighted by molar-refractivity contribution is 6.35. The van der Waals surface area contributed by atoms with Crippen molar-refractivity contribution in [1.29, 1.82) is 0 Å². The van der Waals surface area contributed by atoms with E-state index in [9.17, 15) is 4.79 Å². The second-order valence-electron chi connectivity index (χ2n) is 5.16. The quantitative estimate of drug-likeness (QED) is 0.920. The van der Waals surface area contributed by atoms with Gasteiger partial charge in [0.05, 0.1) is 18.2 Å². The Balaban J connectivity index is 2.04. The Morgan fingerprint density at radius 2 is 1.86 bits per heavy atom. The van der Waals surface area contributed by atoms with Crippen molar-refractivity contribution in [2.24, 2.45) is 5.92 Å². The van der Waals surface area contributed by atoms with Crippen molar-refractivity contribution in [1.82, 2.24) is 9.78 Å². The second-order valence-corrected chi connectivity index (χ2v) is 6.03. The average Bonchev–Trinajstić information content (AvgIpc) is 2.66. The minimum absolute atomic E-state index is 0.0964. The van der Waals surface area contributed by atoms with Gasteiger partial charge < -0.3 is 5.32 Å². The molecule has 0 aliphatic rings. The molecule has 1 N–H and O–H groups in total. The number of halogens is 2. The smallest absolute Gasteiger partial charge is 0.229 e. The van der Waals surface area contributed by atoms with Crippen molar-refractivity contribution in [3.05, 3.63) is 45.7 Å². The number of amides is 1. The van der Waals surface area contributed by atoms with Gasteiger partial charge in [0.1, 0.15) is 0 Å². The molecule has 4 nitrogen and oxygen atoms in total. The van der Waals surface area contributed by atoms with E-state index in [-0.39, 0.29) is 11.8 Å². The third-order valence-corrected chi connectivity index (χ3v) is 3.56. The Labute approximate surface area is 134 Å². The molecule has 0 aliphatic carbocycles. The van der Waals surface area contributed by atoms with E-state index in [1.807, 2.05) is 31.5 Å². The minimum atomic E-state index is -0.222. The summed E-state index contributed by atoms with van der Waals surface area (Å²) in [6, 6.07) is 6.95. The average molecular weight is 326 g/mol. The van der Waals surface area contributed by atoms with Crippen LogP contribution in [0.4, 0.5) is 5.69 Å². The van der Waals surface area contributed by atoms with E-state index in [2.05, 4.69) is 10.4 Å². The highest BCUT2D eigenvalue weighted by Crippen LogP contribution is 2.23. The third-order valence-electron chi connectivity index (χ3n) is 3.13. The number of benzene rings is 1. The van der Waals surface area contributed by atoms with Crippen molar-refractivity contribution in [2.75, 3.05) is 5.32 Å². The second kappa shape index (κ2) is 6.50. The Morgan fingerprint density at radius 3 is 2.38 bits per heavy atom. The number of carbonyl (C=O) groups excluding carboxylic acids is 1. The van der Waals surface area contributed by atoms with Crippen molar-refractivity contribution < 1.29 is 4.79 Å². The molecule has 2 aromatic rings. The van der Waals surface area contributed by atoms with Gasteiger partial charge in [0.2, 0.25) is 5.91 Å². The summed E-state index contributed by atoms with van der Waals surface area (Å²) in [5.74, 6) is -0.318. The van der Waals surface area contributed by atoms with Gasteiger partial charge in [-0.1, -0.05) is 30.1 Å². The van der Waals surface area contributed by atoms with Crippen LogP contribution < -0.4 is 5.32 Å². The number of aryl methyl sites for hydroxylation is 2. The van der Waals surface area contributed by atoms with Gasteiger partial charge in [-0.3, -0.25) is 9.48 Å². The van der Waals surface area contributed by atoms with E-state index in [0.717, 1.165) is 11.4 Å². The van der Waals surface area contributed by atoms with E-state index >= 15 is 0 Å². The molecule has 0 bridgehead atoms. The summed E-state index contributed by atoms with van der Waals surface area (Å²) < 4.78 is 1.84. The largest absolute Gasteiger partial charge is 0.326 e. The molecular formula is C15H17Cl2N3O. The predicted octanol–water partition coefficient (Wildman–Crippen LogP) is 4.08. The molecule has 0 aliphatic heterocycles. The highest BCUT2D eigenvalue weighted by Gasteiger charge is 2.16. The Morgan fingerprint density at radius 1 is 1.24 bits per heavy atom. The van der Waals surface area contributed by atoms with Gasteiger partial charge in [0.25, 0.3) is 0 Å². The van der Waals surface area contributed by atoms with E-state index in [4.69, 9.17) is 23.2 Å². The molecule has 0 radical (unpaired) electrons. The molecule has 0 spiro atoms. The first-order chi connectivity index (χ1) is 9.85. The normalized spacial score (nSPS) is 12.2. The van der Waals surface area contributed by atoms with Crippen LogP contribution in [0.5, 0.6) is 0 Å². The van der Waals surface area contributed by atoms with Crippen LogP contribution in [0.2, 0.25) is 10.0 Å². The molecule has 1 aromatic carbocycles. The SMILES string of the molecule is Cc1cc(C)n(C[C@@H](C)C(=O)Nc2cc(Cl)cc(Cl)c2)n1. The van der Waals surface area contributed by atoms with Crippen LogP contribution in [0.15, 0.2) is 24.3 Å². The zero-order valence-electron chi connectivity index (χ0n) is 12.2. The molecule has 0 fully saturated rings. The lowest BCUT2D eigenvalue weighted by atomic mass is 10.1. The van der Waals surface area contributed by atoms with E-state index < -0.39 is 0 Å². The molecule has 1 heterocycles. The van der Waals surface area contributed by atoms with Crippen molar-refractivity contribution >= 4 is 34.8 Å². The fourth-order valence-electron chi connectivity index (χ4n) is 2.09. The molecule has 112 valence electrons. The van der Waals surface area contributed by atoms with Crippen molar-refractivity contribution in [3.8, 4) is 0 Å². The lowest BCUT2D eigenvalue weighted by Gasteiger charge is -2.14. The third kappa shape index (κ3) is 4.22. The molecular weight excluding hydrogens is 309 g/mol. The molecule has 0 saturated carbocycles. The molecule has 0 saturated heterocycles. The number of rotatable bonds is 4. The number of carbonyl (C=O) groups is 1. The fraction of sp³-hybridized carbons (Fsp3) is 0.333. The first-order valence-electron chi connectivity index (χ1n) is 6.63. The molecule has 1 aromatic heterocycles. The number of anilines is 1. The summed E-state index contributed by atoms with van der Waals surface area (Å²) in [5.41, 5.74) is 2.58. The van der Waals surface area contributed by atoms with Gasteiger partial charge in [-0.2, -0.15) is 5.10 Å².